The number of carbonyl (C=O) groups excluding carboxylic acids is 1. The molecule has 2 aromatic carbocycles. The monoisotopic (exact) mass is 462 g/mol. The van der Waals surface area contributed by atoms with Gasteiger partial charge in [-0.2, -0.15) is 5.10 Å². The number of pyridine rings is 1. The van der Waals surface area contributed by atoms with E-state index in [4.69, 9.17) is 23.2 Å². The molecule has 1 N–H and O–H groups in total. The van der Waals surface area contributed by atoms with Gasteiger partial charge in [-0.25, -0.2) is 13.8 Å². The molecule has 0 spiro atoms. The fourth-order valence-electron chi connectivity index (χ4n) is 2.50. The van der Waals surface area contributed by atoms with Crippen LogP contribution >= 0.6 is 23.2 Å². The first-order chi connectivity index (χ1) is 14.4. The Kier molecular flexibility index (Phi) is 7.04. The molecule has 1 amide bonds. The highest BCUT2D eigenvalue weighted by Gasteiger charge is 2.29. The number of carbonyl (C=O) groups is 1. The Hall–Kier alpha value is -2.94. The third-order valence-electron chi connectivity index (χ3n) is 3.93. The van der Waals surface area contributed by atoms with E-state index in [0.717, 1.165) is 9.87 Å². The molecule has 0 saturated carbocycles. The minimum atomic E-state index is -4.10. The Morgan fingerprint density at radius 3 is 2.43 bits per heavy atom. The second-order valence-electron chi connectivity index (χ2n) is 5.97. The molecule has 0 bridgehead atoms. The second kappa shape index (κ2) is 9.71. The van der Waals surface area contributed by atoms with Gasteiger partial charge in [0.25, 0.3) is 15.9 Å². The van der Waals surface area contributed by atoms with Gasteiger partial charge in [0, 0.05) is 12.4 Å². The van der Waals surface area contributed by atoms with Crippen LogP contribution in [0, 0.1) is 0 Å². The fraction of sp³-hybridized carbons (Fsp3) is 0.0500. The summed E-state index contributed by atoms with van der Waals surface area (Å²) in [4.78, 5) is 16.4. The molecule has 1 aromatic heterocycles. The molecule has 0 atom stereocenters. The van der Waals surface area contributed by atoms with Crippen molar-refractivity contribution in [1.82, 2.24) is 10.4 Å². The van der Waals surface area contributed by atoms with Crippen LogP contribution in [0.1, 0.15) is 5.56 Å². The molecule has 0 fully saturated rings. The fourth-order valence-corrected chi connectivity index (χ4v) is 4.40. The largest absolute Gasteiger partial charge is 0.271 e. The zero-order chi connectivity index (χ0) is 21.6. The summed E-state index contributed by atoms with van der Waals surface area (Å²) < 4.78 is 27.3. The van der Waals surface area contributed by atoms with Crippen LogP contribution in [0.3, 0.4) is 0 Å². The first kappa shape index (κ1) is 21.8. The molecule has 0 aliphatic heterocycles. The Labute approximate surface area is 184 Å². The summed E-state index contributed by atoms with van der Waals surface area (Å²) in [5, 5.41) is 4.04. The molecular formula is C20H16Cl2N4O3S. The van der Waals surface area contributed by atoms with Crippen molar-refractivity contribution in [3.63, 3.8) is 0 Å². The number of hydrazone groups is 1. The van der Waals surface area contributed by atoms with E-state index in [2.05, 4.69) is 15.5 Å². The molecule has 0 aliphatic rings. The smallest absolute Gasteiger partial charge is 0.264 e. The summed E-state index contributed by atoms with van der Waals surface area (Å²) in [6.45, 7) is -0.551. The van der Waals surface area contributed by atoms with Gasteiger partial charge in [0.05, 0.1) is 26.8 Å². The van der Waals surface area contributed by atoms with Crippen LogP contribution in [-0.4, -0.2) is 32.1 Å². The Morgan fingerprint density at radius 2 is 1.73 bits per heavy atom. The van der Waals surface area contributed by atoms with E-state index in [1.54, 1.807) is 48.8 Å². The minimum absolute atomic E-state index is 0.00845. The molecular weight excluding hydrogens is 447 g/mol. The molecule has 0 unspecified atom stereocenters. The van der Waals surface area contributed by atoms with Crippen molar-refractivity contribution in [3.8, 4) is 0 Å². The van der Waals surface area contributed by atoms with Crippen molar-refractivity contribution in [2.45, 2.75) is 4.90 Å². The summed E-state index contributed by atoms with van der Waals surface area (Å²) >= 11 is 12.3. The molecule has 30 heavy (non-hydrogen) atoms. The van der Waals surface area contributed by atoms with E-state index < -0.39 is 22.5 Å². The number of nitrogens with zero attached hydrogens (tertiary/aromatic N) is 3. The lowest BCUT2D eigenvalue weighted by molar-refractivity contribution is -0.119. The summed E-state index contributed by atoms with van der Waals surface area (Å²) in [6, 6.07) is 15.7. The summed E-state index contributed by atoms with van der Waals surface area (Å²) in [7, 11) is -4.10. The van der Waals surface area contributed by atoms with E-state index in [1.165, 1.54) is 30.5 Å². The second-order valence-corrected chi connectivity index (χ2v) is 8.62. The number of sulfonamides is 1. The molecule has 10 heteroatoms. The van der Waals surface area contributed by atoms with Crippen molar-refractivity contribution in [1.29, 1.82) is 0 Å². The maximum atomic E-state index is 13.2. The van der Waals surface area contributed by atoms with Gasteiger partial charge >= 0.3 is 0 Å². The highest BCUT2D eigenvalue weighted by atomic mass is 35.5. The predicted molar refractivity (Wildman–Crippen MR) is 117 cm³/mol. The number of anilines is 1. The Morgan fingerprint density at radius 1 is 1.03 bits per heavy atom. The van der Waals surface area contributed by atoms with Crippen molar-refractivity contribution >= 4 is 51.0 Å². The number of nitrogens with one attached hydrogen (secondary N) is 1. The first-order valence-corrected chi connectivity index (χ1v) is 10.8. The van der Waals surface area contributed by atoms with E-state index >= 15 is 0 Å². The highest BCUT2D eigenvalue weighted by Crippen LogP contribution is 2.35. The van der Waals surface area contributed by atoms with E-state index in [1.807, 2.05) is 0 Å². The molecule has 3 aromatic rings. The van der Waals surface area contributed by atoms with Gasteiger partial charge in [-0.05, 0) is 42.0 Å². The van der Waals surface area contributed by atoms with Gasteiger partial charge in [0.2, 0.25) is 0 Å². The maximum absolute atomic E-state index is 13.2. The third-order valence-corrected chi connectivity index (χ3v) is 6.51. The average molecular weight is 463 g/mol. The maximum Gasteiger partial charge on any atom is 0.264 e. The third kappa shape index (κ3) is 5.15. The number of benzene rings is 2. The van der Waals surface area contributed by atoms with Crippen LogP contribution in [0.15, 0.2) is 83.1 Å². The quantitative estimate of drug-likeness (QED) is 0.427. The van der Waals surface area contributed by atoms with Crippen molar-refractivity contribution < 1.29 is 13.2 Å². The van der Waals surface area contributed by atoms with E-state index in [0.29, 0.717) is 0 Å². The molecule has 0 aliphatic carbocycles. The van der Waals surface area contributed by atoms with Gasteiger partial charge in [0.15, 0.2) is 0 Å². The van der Waals surface area contributed by atoms with E-state index in [-0.39, 0.29) is 20.6 Å². The molecule has 154 valence electrons. The van der Waals surface area contributed by atoms with Crippen LogP contribution in [-0.2, 0) is 14.8 Å². The van der Waals surface area contributed by atoms with Crippen LogP contribution in [0.25, 0.3) is 0 Å². The molecule has 3 rings (SSSR count). The number of halogens is 2. The zero-order valence-electron chi connectivity index (χ0n) is 15.4. The average Bonchev–Trinajstić information content (AvgIpc) is 2.75. The van der Waals surface area contributed by atoms with Crippen LogP contribution in [0.4, 0.5) is 5.69 Å². The molecule has 1 heterocycles. The van der Waals surface area contributed by atoms with Crippen LogP contribution < -0.4 is 9.73 Å². The number of hydrogen-bond acceptors (Lipinski definition) is 5. The first-order valence-electron chi connectivity index (χ1n) is 8.63. The zero-order valence-corrected chi connectivity index (χ0v) is 17.8. The van der Waals surface area contributed by atoms with Gasteiger partial charge in [-0.3, -0.25) is 14.1 Å². The van der Waals surface area contributed by atoms with Crippen molar-refractivity contribution in [3.05, 3.63) is 88.7 Å². The van der Waals surface area contributed by atoms with Gasteiger partial charge < -0.3 is 0 Å². The lowest BCUT2D eigenvalue weighted by Crippen LogP contribution is -2.39. The van der Waals surface area contributed by atoms with Crippen LogP contribution in [0.5, 0.6) is 0 Å². The number of amides is 1. The number of aromatic nitrogens is 1. The number of hydrogen-bond donors (Lipinski definition) is 1. The Balaban J connectivity index is 1.89. The van der Waals surface area contributed by atoms with Crippen molar-refractivity contribution in [2.24, 2.45) is 5.10 Å². The van der Waals surface area contributed by atoms with Gasteiger partial charge in [-0.15, -0.1) is 0 Å². The Bertz CT molecular complexity index is 1160. The lowest BCUT2D eigenvalue weighted by atomic mass is 10.3. The lowest BCUT2D eigenvalue weighted by Gasteiger charge is -2.24. The molecule has 7 nitrogen and oxygen atoms in total. The molecule has 0 saturated heterocycles. The van der Waals surface area contributed by atoms with Gasteiger partial charge in [0.1, 0.15) is 6.54 Å². The number of rotatable bonds is 7. The highest BCUT2D eigenvalue weighted by molar-refractivity contribution is 7.92. The standard InChI is InChI=1S/C20H16Cl2N4O3S/c21-17-7-4-8-18(20(17)22)26(30(28,29)16-5-2-1-3-6-16)14-19(27)25-24-13-15-9-11-23-12-10-15/h1-13H,14H2,(H,25,27)/b24-13-. The summed E-state index contributed by atoms with van der Waals surface area (Å²) in [5.74, 6) is -0.657. The molecule has 0 radical (unpaired) electrons. The van der Waals surface area contributed by atoms with E-state index in [9.17, 15) is 13.2 Å². The SMILES string of the molecule is O=C(CN(c1cccc(Cl)c1Cl)S(=O)(=O)c1ccccc1)N/N=C\c1ccncc1. The van der Waals surface area contributed by atoms with Crippen molar-refractivity contribution in [2.75, 3.05) is 10.8 Å². The normalized spacial score (nSPS) is 11.4. The topological polar surface area (TPSA) is 91.7 Å². The van der Waals surface area contributed by atoms with Crippen LogP contribution in [0.2, 0.25) is 10.0 Å². The summed E-state index contributed by atoms with van der Waals surface area (Å²) in [6.07, 6.45) is 4.58. The van der Waals surface area contributed by atoms with Gasteiger partial charge in [-0.1, -0.05) is 47.5 Å². The minimum Gasteiger partial charge on any atom is -0.271 e. The predicted octanol–water partition coefficient (Wildman–Crippen LogP) is 3.73. The summed E-state index contributed by atoms with van der Waals surface area (Å²) in [5.41, 5.74) is 3.12.